The highest BCUT2D eigenvalue weighted by Gasteiger charge is 2.34. The van der Waals surface area contributed by atoms with Gasteiger partial charge in [-0.15, -0.1) is 0 Å². The summed E-state index contributed by atoms with van der Waals surface area (Å²) in [6, 6.07) is 22.0. The van der Waals surface area contributed by atoms with Crippen LogP contribution >= 0.6 is 10.0 Å². The van der Waals surface area contributed by atoms with Gasteiger partial charge in [0.15, 0.2) is 0 Å². The maximum absolute atomic E-state index is 2.46. The van der Waals surface area contributed by atoms with E-state index in [1.54, 1.807) is 0 Å². The van der Waals surface area contributed by atoms with Crippen molar-refractivity contribution in [1.29, 1.82) is 0 Å². The van der Waals surface area contributed by atoms with Crippen LogP contribution in [0.25, 0.3) is 0 Å². The predicted octanol–water partition coefficient (Wildman–Crippen LogP) is 5.67. The van der Waals surface area contributed by atoms with Gasteiger partial charge < -0.3 is 0 Å². The third kappa shape index (κ3) is 2.58. The summed E-state index contributed by atoms with van der Waals surface area (Å²) in [5.74, 6) is 0.565. The summed E-state index contributed by atoms with van der Waals surface area (Å²) in [5, 5.41) is 0.548. The van der Waals surface area contributed by atoms with Gasteiger partial charge in [0.2, 0.25) is 0 Å². The van der Waals surface area contributed by atoms with Gasteiger partial charge in [-0.25, -0.2) is 0 Å². The molecule has 3 rings (SSSR count). The second kappa shape index (κ2) is 5.95. The average Bonchev–Trinajstić information content (AvgIpc) is 2.56. The number of benzene rings is 2. The maximum atomic E-state index is 2.46. The first-order valence-corrected chi connectivity index (χ1v) is 9.56. The molecule has 1 aliphatic rings. The fourth-order valence-corrected chi connectivity index (χ4v) is 6.84. The summed E-state index contributed by atoms with van der Waals surface area (Å²) in [7, 11) is -1.09. The average molecular weight is 294 g/mol. The molecule has 1 heteroatoms. The summed E-state index contributed by atoms with van der Waals surface area (Å²) in [6.45, 7) is 2.34. The molecule has 0 spiro atoms. The first-order valence-electron chi connectivity index (χ1n) is 7.45. The largest absolute Gasteiger partial charge is 0.184 e. The molecule has 2 aromatic rings. The van der Waals surface area contributed by atoms with Gasteiger partial charge in [0.1, 0.15) is 0 Å². The highest BCUT2D eigenvalue weighted by atomic mass is 32.3. The lowest BCUT2D eigenvalue weighted by Crippen LogP contribution is -2.24. The van der Waals surface area contributed by atoms with Gasteiger partial charge in [-0.3, -0.25) is 0 Å². The molecule has 0 nitrogen and oxygen atoms in total. The Bertz CT molecular complexity index is 601. The topological polar surface area (TPSA) is 0 Å². The summed E-state index contributed by atoms with van der Waals surface area (Å²) >= 11 is 0. The third-order valence-corrected chi connectivity index (χ3v) is 8.53. The van der Waals surface area contributed by atoms with Gasteiger partial charge in [0, 0.05) is 5.25 Å². The van der Waals surface area contributed by atoms with E-state index < -0.39 is 10.0 Å². The van der Waals surface area contributed by atoms with Crippen LogP contribution in [0.15, 0.2) is 94.8 Å². The van der Waals surface area contributed by atoms with Gasteiger partial charge in [0.25, 0.3) is 0 Å². The minimum Gasteiger partial charge on any atom is -0.184 e. The molecule has 0 N–H and O–H groups in total. The van der Waals surface area contributed by atoms with E-state index in [9.17, 15) is 0 Å². The number of hydrogen-bond donors (Lipinski definition) is 0. The second-order valence-corrected chi connectivity index (χ2v) is 9.15. The van der Waals surface area contributed by atoms with Crippen molar-refractivity contribution in [3.05, 3.63) is 85.0 Å². The summed E-state index contributed by atoms with van der Waals surface area (Å²) in [4.78, 5) is 2.93. The Morgan fingerprint density at radius 3 is 1.67 bits per heavy atom. The van der Waals surface area contributed by atoms with Crippen molar-refractivity contribution in [3.63, 3.8) is 0 Å². The van der Waals surface area contributed by atoms with E-state index in [-0.39, 0.29) is 0 Å². The lowest BCUT2D eigenvalue weighted by Gasteiger charge is -2.46. The van der Waals surface area contributed by atoms with Gasteiger partial charge >= 0.3 is 0 Å². The fraction of sp³-hybridized carbons (Fsp3) is 0.200. The molecule has 0 saturated heterocycles. The molecule has 0 bridgehead atoms. The minimum atomic E-state index is -1.09. The summed E-state index contributed by atoms with van der Waals surface area (Å²) in [6.07, 6.45) is 11.6. The second-order valence-electron chi connectivity index (χ2n) is 5.70. The van der Waals surface area contributed by atoms with Crippen molar-refractivity contribution in [2.24, 2.45) is 5.92 Å². The van der Waals surface area contributed by atoms with Crippen LogP contribution in [0.5, 0.6) is 0 Å². The number of allylic oxidation sites excluding steroid dienone is 3. The van der Waals surface area contributed by atoms with Crippen molar-refractivity contribution in [2.45, 2.75) is 22.0 Å². The quantitative estimate of drug-likeness (QED) is 0.684. The van der Waals surface area contributed by atoms with E-state index in [0.717, 1.165) is 0 Å². The molecule has 2 unspecified atom stereocenters. The summed E-state index contributed by atoms with van der Waals surface area (Å²) < 4.78 is 0. The van der Waals surface area contributed by atoms with E-state index in [2.05, 4.69) is 98.1 Å². The highest BCUT2D eigenvalue weighted by Crippen LogP contribution is 2.65. The van der Waals surface area contributed by atoms with Crippen LogP contribution in [0.1, 0.15) is 6.92 Å². The summed E-state index contributed by atoms with van der Waals surface area (Å²) in [5.41, 5.74) is 0. The van der Waals surface area contributed by atoms with Crippen LogP contribution in [-0.2, 0) is 0 Å². The van der Waals surface area contributed by atoms with E-state index in [0.29, 0.717) is 11.2 Å². The van der Waals surface area contributed by atoms with Crippen molar-refractivity contribution in [2.75, 3.05) is 6.26 Å². The Hall–Kier alpha value is -1.73. The van der Waals surface area contributed by atoms with Crippen molar-refractivity contribution in [1.82, 2.24) is 0 Å². The van der Waals surface area contributed by atoms with Crippen LogP contribution < -0.4 is 0 Å². The lowest BCUT2D eigenvalue weighted by atomic mass is 10.0. The third-order valence-electron chi connectivity index (χ3n) is 4.35. The van der Waals surface area contributed by atoms with Gasteiger partial charge in [-0.2, -0.15) is 10.0 Å². The van der Waals surface area contributed by atoms with Crippen LogP contribution in [0.4, 0.5) is 0 Å². The molecule has 0 heterocycles. The predicted molar refractivity (Wildman–Crippen MR) is 94.2 cm³/mol. The smallest absolute Gasteiger partial charge is 0.0207 e. The molecule has 0 saturated carbocycles. The van der Waals surface area contributed by atoms with Gasteiger partial charge in [-0.1, -0.05) is 67.6 Å². The van der Waals surface area contributed by atoms with Crippen LogP contribution in [0.3, 0.4) is 0 Å². The van der Waals surface area contributed by atoms with E-state index in [1.807, 2.05) is 0 Å². The Morgan fingerprint density at radius 2 is 1.19 bits per heavy atom. The van der Waals surface area contributed by atoms with Crippen LogP contribution in [-0.4, -0.2) is 11.5 Å². The molecule has 0 aromatic heterocycles. The number of rotatable bonds is 3. The standard InChI is InChI=1S/C20H22S/c1-17-11-9-10-16-20(17)21(2,18-12-5-3-6-13-18)19-14-7-4-8-15-19/h3-17,20H,1-2H3. The Balaban J connectivity index is 2.16. The van der Waals surface area contributed by atoms with Crippen LogP contribution in [0.2, 0.25) is 0 Å². The molecular formula is C20H22S. The normalized spacial score (nSPS) is 22.2. The van der Waals surface area contributed by atoms with Crippen molar-refractivity contribution < 1.29 is 0 Å². The molecule has 2 aromatic carbocycles. The lowest BCUT2D eigenvalue weighted by molar-refractivity contribution is 0.742. The maximum Gasteiger partial charge on any atom is 0.0207 e. The minimum absolute atomic E-state index is 0.548. The molecule has 2 atom stereocenters. The fourth-order valence-electron chi connectivity index (χ4n) is 3.14. The van der Waals surface area contributed by atoms with Gasteiger partial charge in [-0.05, 0) is 46.2 Å². The monoisotopic (exact) mass is 294 g/mol. The Kier molecular flexibility index (Phi) is 4.03. The van der Waals surface area contributed by atoms with E-state index in [4.69, 9.17) is 0 Å². The molecular weight excluding hydrogens is 272 g/mol. The van der Waals surface area contributed by atoms with Crippen molar-refractivity contribution in [3.8, 4) is 0 Å². The molecule has 1 aliphatic carbocycles. The highest BCUT2D eigenvalue weighted by molar-refractivity contribution is 8.33. The molecule has 0 fully saturated rings. The Morgan fingerprint density at radius 1 is 0.714 bits per heavy atom. The zero-order valence-corrected chi connectivity index (χ0v) is 13.5. The molecule has 0 aliphatic heterocycles. The SMILES string of the molecule is CC1C=CC=CC1S(C)(c1ccccc1)c1ccccc1. The van der Waals surface area contributed by atoms with E-state index in [1.165, 1.54) is 9.79 Å². The molecule has 0 amide bonds. The first kappa shape index (κ1) is 14.2. The van der Waals surface area contributed by atoms with Crippen LogP contribution in [0, 0.1) is 5.92 Å². The first-order chi connectivity index (χ1) is 10.2. The Labute approximate surface area is 129 Å². The zero-order valence-electron chi connectivity index (χ0n) is 12.6. The molecule has 108 valence electrons. The van der Waals surface area contributed by atoms with Crippen molar-refractivity contribution >= 4 is 10.0 Å². The molecule has 0 radical (unpaired) electrons. The van der Waals surface area contributed by atoms with E-state index >= 15 is 0 Å². The van der Waals surface area contributed by atoms with Gasteiger partial charge in [0.05, 0.1) is 0 Å². The molecule has 21 heavy (non-hydrogen) atoms. The zero-order chi connectivity index (χ0) is 14.7. The number of hydrogen-bond acceptors (Lipinski definition) is 0.